The van der Waals surface area contributed by atoms with E-state index in [9.17, 15) is 13.2 Å². The number of aryl methyl sites for hydroxylation is 1. The quantitative estimate of drug-likeness (QED) is 0.632. The molecule has 0 saturated carbocycles. The van der Waals surface area contributed by atoms with Crippen molar-refractivity contribution in [1.29, 1.82) is 0 Å². The number of hydrogen-bond acceptors (Lipinski definition) is 4. The largest absolute Gasteiger partial charge is 0.494 e. The lowest BCUT2D eigenvalue weighted by molar-refractivity contribution is -0.116. The highest BCUT2D eigenvalue weighted by molar-refractivity contribution is 7.89. The zero-order valence-electron chi connectivity index (χ0n) is 17.5. The lowest BCUT2D eigenvalue weighted by Crippen LogP contribution is -2.32. The van der Waals surface area contributed by atoms with Gasteiger partial charge in [-0.3, -0.25) is 4.79 Å². The number of benzene rings is 2. The molecule has 0 aromatic heterocycles. The lowest BCUT2D eigenvalue weighted by atomic mass is 10.2. The predicted molar refractivity (Wildman–Crippen MR) is 118 cm³/mol. The number of nitrogens with one attached hydrogen (secondary N) is 1. The summed E-state index contributed by atoms with van der Waals surface area (Å²) in [5, 5.41) is 2.80. The van der Waals surface area contributed by atoms with E-state index in [-0.39, 0.29) is 10.8 Å². The Labute approximate surface area is 179 Å². The van der Waals surface area contributed by atoms with Crippen LogP contribution in [0.3, 0.4) is 0 Å². The fraction of sp³-hybridized carbons (Fsp3) is 0.435. The fourth-order valence-electron chi connectivity index (χ4n) is 3.52. The van der Waals surface area contributed by atoms with Crippen LogP contribution in [0.2, 0.25) is 0 Å². The maximum atomic E-state index is 12.9. The number of rotatable bonds is 8. The van der Waals surface area contributed by atoms with Crippen LogP contribution in [0, 0.1) is 6.92 Å². The summed E-state index contributed by atoms with van der Waals surface area (Å²) in [6.07, 6.45) is 4.78. The van der Waals surface area contributed by atoms with E-state index in [4.69, 9.17) is 4.74 Å². The second-order valence-corrected chi connectivity index (χ2v) is 9.60. The minimum atomic E-state index is -3.54. The monoisotopic (exact) mass is 430 g/mol. The molecule has 0 atom stereocenters. The molecule has 0 spiro atoms. The number of carbonyl (C=O) groups excluding carboxylic acids is 1. The highest BCUT2D eigenvalue weighted by atomic mass is 32.2. The first-order valence-corrected chi connectivity index (χ1v) is 12.0. The van der Waals surface area contributed by atoms with Crippen molar-refractivity contribution in [2.24, 2.45) is 0 Å². The predicted octanol–water partition coefficient (Wildman–Crippen LogP) is 4.36. The smallest absolute Gasteiger partial charge is 0.243 e. The van der Waals surface area contributed by atoms with Crippen molar-refractivity contribution < 1.29 is 17.9 Å². The standard InChI is InChI=1S/C23H30N2O4S/c1-19-9-6-11-21(17-19)29-16-8-13-23(26)24-20-10-7-12-22(18-20)30(27,28)25-14-4-2-3-5-15-25/h6-7,9-12,17-18H,2-5,8,13-16H2,1H3,(H,24,26). The molecule has 1 aliphatic heterocycles. The van der Waals surface area contributed by atoms with E-state index in [0.29, 0.717) is 38.2 Å². The Bertz CT molecular complexity index is 951. The van der Waals surface area contributed by atoms with Gasteiger partial charge in [0.1, 0.15) is 5.75 Å². The zero-order valence-corrected chi connectivity index (χ0v) is 18.3. The van der Waals surface area contributed by atoms with Gasteiger partial charge in [-0.2, -0.15) is 4.31 Å². The maximum Gasteiger partial charge on any atom is 0.243 e. The summed E-state index contributed by atoms with van der Waals surface area (Å²) in [6.45, 7) is 3.56. The van der Waals surface area contributed by atoms with Crippen LogP contribution >= 0.6 is 0 Å². The van der Waals surface area contributed by atoms with E-state index in [1.54, 1.807) is 28.6 Å². The number of ether oxygens (including phenoxy) is 1. The summed E-state index contributed by atoms with van der Waals surface area (Å²) in [6, 6.07) is 14.3. The molecule has 2 aromatic rings. The van der Waals surface area contributed by atoms with Crippen molar-refractivity contribution in [2.45, 2.75) is 50.3 Å². The zero-order chi connectivity index (χ0) is 21.4. The highest BCUT2D eigenvalue weighted by Crippen LogP contribution is 2.23. The third-order valence-corrected chi connectivity index (χ3v) is 7.02. The molecule has 1 saturated heterocycles. The molecule has 6 nitrogen and oxygen atoms in total. The van der Waals surface area contributed by atoms with Gasteiger partial charge in [0.2, 0.25) is 15.9 Å². The van der Waals surface area contributed by atoms with Crippen molar-refractivity contribution in [1.82, 2.24) is 4.31 Å². The Hall–Kier alpha value is -2.38. The average Bonchev–Trinajstić information content (AvgIpc) is 3.02. The summed E-state index contributed by atoms with van der Waals surface area (Å²) in [7, 11) is -3.54. The van der Waals surface area contributed by atoms with Gasteiger partial charge >= 0.3 is 0 Å². The van der Waals surface area contributed by atoms with Gasteiger partial charge in [0.05, 0.1) is 11.5 Å². The Kier molecular flexibility index (Phi) is 7.87. The van der Waals surface area contributed by atoms with Gasteiger partial charge in [0.25, 0.3) is 0 Å². The molecule has 1 amide bonds. The summed E-state index contributed by atoms with van der Waals surface area (Å²) in [5.74, 6) is 0.633. The van der Waals surface area contributed by atoms with Crippen molar-refractivity contribution in [3.8, 4) is 5.75 Å². The van der Waals surface area contributed by atoms with E-state index >= 15 is 0 Å². The summed E-state index contributed by atoms with van der Waals surface area (Å²) < 4.78 is 33.1. The van der Waals surface area contributed by atoms with E-state index in [1.165, 1.54) is 0 Å². The number of carbonyl (C=O) groups is 1. The normalized spacial score (nSPS) is 15.4. The molecule has 0 bridgehead atoms. The molecule has 1 aliphatic rings. The number of amides is 1. The first kappa shape index (κ1) is 22.3. The van der Waals surface area contributed by atoms with Gasteiger partial charge in [-0.05, 0) is 62.1 Å². The maximum absolute atomic E-state index is 12.9. The first-order chi connectivity index (χ1) is 14.4. The number of anilines is 1. The molecule has 0 unspecified atom stereocenters. The van der Waals surface area contributed by atoms with Crippen LogP contribution in [-0.2, 0) is 14.8 Å². The Morgan fingerprint density at radius 3 is 2.50 bits per heavy atom. The van der Waals surface area contributed by atoms with Gasteiger partial charge in [0.15, 0.2) is 0 Å². The molecule has 1 fully saturated rings. The van der Waals surface area contributed by atoms with Crippen LogP contribution < -0.4 is 10.1 Å². The Balaban J connectivity index is 1.52. The van der Waals surface area contributed by atoms with Crippen LogP contribution in [0.5, 0.6) is 5.75 Å². The summed E-state index contributed by atoms with van der Waals surface area (Å²) in [4.78, 5) is 12.5. The van der Waals surface area contributed by atoms with Gasteiger partial charge in [-0.1, -0.05) is 31.0 Å². The number of nitrogens with zero attached hydrogens (tertiary/aromatic N) is 1. The van der Waals surface area contributed by atoms with Gasteiger partial charge in [0, 0.05) is 25.2 Å². The number of hydrogen-bond donors (Lipinski definition) is 1. The summed E-state index contributed by atoms with van der Waals surface area (Å²) in [5.41, 5.74) is 1.62. The molecule has 7 heteroatoms. The Morgan fingerprint density at radius 1 is 1.03 bits per heavy atom. The van der Waals surface area contributed by atoms with Crippen LogP contribution in [-0.4, -0.2) is 38.3 Å². The van der Waals surface area contributed by atoms with Crippen LogP contribution in [0.1, 0.15) is 44.1 Å². The van der Waals surface area contributed by atoms with Crippen LogP contribution in [0.15, 0.2) is 53.4 Å². The second kappa shape index (κ2) is 10.6. The van der Waals surface area contributed by atoms with Crippen molar-refractivity contribution in [3.63, 3.8) is 0 Å². The van der Waals surface area contributed by atoms with Crippen LogP contribution in [0.4, 0.5) is 5.69 Å². The minimum absolute atomic E-state index is 0.160. The molecule has 0 aliphatic carbocycles. The fourth-order valence-corrected chi connectivity index (χ4v) is 5.08. The van der Waals surface area contributed by atoms with E-state index < -0.39 is 10.0 Å². The van der Waals surface area contributed by atoms with E-state index in [1.807, 2.05) is 31.2 Å². The molecule has 1 heterocycles. The van der Waals surface area contributed by atoms with Gasteiger partial charge in [-0.25, -0.2) is 8.42 Å². The molecule has 3 rings (SSSR count). The van der Waals surface area contributed by atoms with Crippen LogP contribution in [0.25, 0.3) is 0 Å². The number of sulfonamides is 1. The van der Waals surface area contributed by atoms with Crippen molar-refractivity contribution in [3.05, 3.63) is 54.1 Å². The second-order valence-electron chi connectivity index (χ2n) is 7.66. The molecule has 30 heavy (non-hydrogen) atoms. The van der Waals surface area contributed by atoms with E-state index in [2.05, 4.69) is 5.32 Å². The molecule has 162 valence electrons. The Morgan fingerprint density at radius 2 is 1.77 bits per heavy atom. The van der Waals surface area contributed by atoms with Gasteiger partial charge in [-0.15, -0.1) is 0 Å². The topological polar surface area (TPSA) is 75.7 Å². The molecule has 1 N–H and O–H groups in total. The van der Waals surface area contributed by atoms with E-state index in [0.717, 1.165) is 37.0 Å². The SMILES string of the molecule is Cc1cccc(OCCCC(=O)Nc2cccc(S(=O)(=O)N3CCCCCC3)c2)c1. The lowest BCUT2D eigenvalue weighted by Gasteiger charge is -2.20. The third kappa shape index (κ3) is 6.31. The highest BCUT2D eigenvalue weighted by Gasteiger charge is 2.25. The summed E-state index contributed by atoms with van der Waals surface area (Å²) >= 11 is 0. The molecule has 0 radical (unpaired) electrons. The third-order valence-electron chi connectivity index (χ3n) is 5.13. The molecular formula is C23H30N2O4S. The average molecular weight is 431 g/mol. The molecule has 2 aromatic carbocycles. The molecular weight excluding hydrogens is 400 g/mol. The van der Waals surface area contributed by atoms with Crippen molar-refractivity contribution in [2.75, 3.05) is 25.0 Å². The first-order valence-electron chi connectivity index (χ1n) is 10.5. The van der Waals surface area contributed by atoms with Crippen molar-refractivity contribution >= 4 is 21.6 Å². The minimum Gasteiger partial charge on any atom is -0.494 e. The van der Waals surface area contributed by atoms with Gasteiger partial charge < -0.3 is 10.1 Å².